The van der Waals surface area contributed by atoms with Gasteiger partial charge in [0, 0.05) is 11.7 Å². The van der Waals surface area contributed by atoms with E-state index in [9.17, 15) is 14.4 Å². The van der Waals surface area contributed by atoms with Crippen molar-refractivity contribution in [1.29, 1.82) is 0 Å². The quantitative estimate of drug-likeness (QED) is 0.572. The summed E-state index contributed by atoms with van der Waals surface area (Å²) in [5, 5.41) is 2.88. The van der Waals surface area contributed by atoms with E-state index in [0.29, 0.717) is 5.69 Å². The van der Waals surface area contributed by atoms with Gasteiger partial charge in [-0.05, 0) is 39.3 Å². The predicted molar refractivity (Wildman–Crippen MR) is 102 cm³/mol. The first kappa shape index (κ1) is 19.9. The number of nitrogens with zero attached hydrogens (tertiary/aromatic N) is 2. The normalized spacial score (nSPS) is 18.4. The molecule has 0 radical (unpaired) electrons. The molecule has 0 saturated carbocycles. The molecule has 2 rings (SSSR count). The highest BCUT2D eigenvalue weighted by atomic mass is 16.2. The zero-order valence-electron chi connectivity index (χ0n) is 16.1. The number of unbranched alkanes of at least 4 members (excludes halogenated alkanes) is 2. The Bertz CT molecular complexity index is 657. The maximum absolute atomic E-state index is 12.7. The molecule has 142 valence electrons. The number of aryl methyl sites for hydroxylation is 1. The minimum Gasteiger partial charge on any atom is -0.352 e. The molecule has 0 spiro atoms. The monoisotopic (exact) mass is 359 g/mol. The number of imide groups is 1. The van der Waals surface area contributed by atoms with E-state index in [4.69, 9.17) is 0 Å². The van der Waals surface area contributed by atoms with Crippen molar-refractivity contribution < 1.29 is 14.4 Å². The lowest BCUT2D eigenvalue weighted by Gasteiger charge is -2.20. The number of benzene rings is 1. The molecule has 0 aromatic heterocycles. The highest BCUT2D eigenvalue weighted by Gasteiger charge is 2.44. The Morgan fingerprint density at radius 3 is 2.46 bits per heavy atom. The minimum absolute atomic E-state index is 0.0347. The molecule has 0 bridgehead atoms. The number of carbonyl (C=O) groups is 3. The predicted octanol–water partition coefficient (Wildman–Crippen LogP) is 3.24. The molecule has 0 aliphatic carbocycles. The summed E-state index contributed by atoms with van der Waals surface area (Å²) >= 11 is 0. The molecule has 26 heavy (non-hydrogen) atoms. The van der Waals surface area contributed by atoms with E-state index in [1.165, 1.54) is 4.90 Å². The lowest BCUT2D eigenvalue weighted by atomic mass is 10.1. The minimum atomic E-state index is -0.611. The van der Waals surface area contributed by atoms with Crippen LogP contribution >= 0.6 is 0 Å². The number of hydrogen-bond donors (Lipinski definition) is 1. The summed E-state index contributed by atoms with van der Waals surface area (Å²) in [4.78, 5) is 39.9. The van der Waals surface area contributed by atoms with Gasteiger partial charge in [-0.3, -0.25) is 19.4 Å². The molecule has 1 aliphatic heterocycles. The third-order valence-electron chi connectivity index (χ3n) is 4.71. The van der Waals surface area contributed by atoms with Gasteiger partial charge in [0.15, 0.2) is 0 Å². The van der Waals surface area contributed by atoms with Crippen LogP contribution in [0.25, 0.3) is 0 Å². The summed E-state index contributed by atoms with van der Waals surface area (Å²) in [5.41, 5.74) is 1.74. The molecular weight excluding hydrogens is 330 g/mol. The summed E-state index contributed by atoms with van der Waals surface area (Å²) in [7, 11) is 0. The van der Waals surface area contributed by atoms with Gasteiger partial charge in [0.2, 0.25) is 5.91 Å². The highest BCUT2D eigenvalue weighted by molar-refractivity contribution is 6.15. The second kappa shape index (κ2) is 8.83. The first-order chi connectivity index (χ1) is 12.3. The van der Waals surface area contributed by atoms with Crippen molar-refractivity contribution in [3.8, 4) is 0 Å². The Kier molecular flexibility index (Phi) is 6.77. The van der Waals surface area contributed by atoms with E-state index in [1.54, 1.807) is 6.92 Å². The Balaban J connectivity index is 1.99. The summed E-state index contributed by atoms with van der Waals surface area (Å²) in [6, 6.07) is 6.40. The molecule has 1 saturated heterocycles. The fourth-order valence-electron chi connectivity index (χ4n) is 3.15. The van der Waals surface area contributed by atoms with E-state index in [1.807, 2.05) is 38.1 Å². The summed E-state index contributed by atoms with van der Waals surface area (Å²) < 4.78 is 0. The smallest absolute Gasteiger partial charge is 0.332 e. The molecular formula is C20H29N3O3. The second-order valence-corrected chi connectivity index (χ2v) is 7.05. The zero-order chi connectivity index (χ0) is 19.3. The number of hydrogen-bond acceptors (Lipinski definition) is 3. The largest absolute Gasteiger partial charge is 0.352 e. The summed E-state index contributed by atoms with van der Waals surface area (Å²) in [6.45, 7) is 7.49. The second-order valence-electron chi connectivity index (χ2n) is 7.05. The lowest BCUT2D eigenvalue weighted by molar-refractivity contribution is -0.132. The van der Waals surface area contributed by atoms with Gasteiger partial charge >= 0.3 is 6.03 Å². The van der Waals surface area contributed by atoms with Crippen molar-refractivity contribution in [3.05, 3.63) is 29.8 Å². The Morgan fingerprint density at radius 2 is 1.85 bits per heavy atom. The molecule has 1 aromatic rings. The molecule has 1 aromatic carbocycles. The number of nitrogens with one attached hydrogen (secondary N) is 1. The zero-order valence-corrected chi connectivity index (χ0v) is 16.1. The Hall–Kier alpha value is -2.37. The Labute approximate surface area is 155 Å². The van der Waals surface area contributed by atoms with Crippen molar-refractivity contribution >= 4 is 23.5 Å². The van der Waals surface area contributed by atoms with Crippen molar-refractivity contribution in [2.24, 2.45) is 0 Å². The molecule has 1 N–H and O–H groups in total. The number of anilines is 1. The van der Waals surface area contributed by atoms with Crippen LogP contribution in [0.15, 0.2) is 24.3 Å². The number of carbonyl (C=O) groups excluding carboxylic acids is 3. The standard InChI is InChI=1S/C20H29N3O3/c1-5-6-7-8-15(3)21-18(24)13-22-19(25)16(4)23(20(22)26)17-11-9-14(2)10-12-17/h9-12,15-16H,5-8,13H2,1-4H3,(H,21,24)/t15-,16+/m1/s1. The highest BCUT2D eigenvalue weighted by Crippen LogP contribution is 2.25. The van der Waals surface area contributed by atoms with Gasteiger partial charge in [-0.15, -0.1) is 0 Å². The van der Waals surface area contributed by atoms with Crippen molar-refractivity contribution in [2.45, 2.75) is 65.5 Å². The Morgan fingerprint density at radius 1 is 1.19 bits per heavy atom. The van der Waals surface area contributed by atoms with Gasteiger partial charge in [0.25, 0.3) is 5.91 Å². The number of amides is 4. The van der Waals surface area contributed by atoms with Crippen molar-refractivity contribution in [2.75, 3.05) is 11.4 Å². The first-order valence-electron chi connectivity index (χ1n) is 9.35. The van der Waals surface area contributed by atoms with Crippen LogP contribution in [0, 0.1) is 6.92 Å². The fraction of sp³-hybridized carbons (Fsp3) is 0.550. The molecule has 2 atom stereocenters. The maximum atomic E-state index is 12.7. The summed E-state index contributed by atoms with van der Waals surface area (Å²) in [5.74, 6) is -0.641. The molecule has 4 amide bonds. The van der Waals surface area contributed by atoms with Gasteiger partial charge in [-0.1, -0.05) is 43.9 Å². The van der Waals surface area contributed by atoms with Gasteiger partial charge in [-0.25, -0.2) is 4.79 Å². The molecule has 0 unspecified atom stereocenters. The number of rotatable bonds is 8. The van der Waals surface area contributed by atoms with Crippen LogP contribution in [0.4, 0.5) is 10.5 Å². The van der Waals surface area contributed by atoms with E-state index in [2.05, 4.69) is 12.2 Å². The van der Waals surface area contributed by atoms with Crippen molar-refractivity contribution in [1.82, 2.24) is 10.2 Å². The molecule has 1 fully saturated rings. The van der Waals surface area contributed by atoms with E-state index in [-0.39, 0.29) is 24.4 Å². The first-order valence-corrected chi connectivity index (χ1v) is 9.35. The molecule has 6 nitrogen and oxygen atoms in total. The van der Waals surface area contributed by atoms with Gasteiger partial charge in [0.1, 0.15) is 12.6 Å². The topological polar surface area (TPSA) is 69.7 Å². The van der Waals surface area contributed by atoms with Crippen LogP contribution in [0.2, 0.25) is 0 Å². The van der Waals surface area contributed by atoms with Crippen LogP contribution in [0.5, 0.6) is 0 Å². The fourth-order valence-corrected chi connectivity index (χ4v) is 3.15. The SMILES string of the molecule is CCCCC[C@@H](C)NC(=O)CN1C(=O)[C@H](C)N(c2ccc(C)cc2)C1=O. The van der Waals surface area contributed by atoms with Crippen LogP contribution in [-0.4, -0.2) is 41.4 Å². The molecule has 6 heteroatoms. The third-order valence-corrected chi connectivity index (χ3v) is 4.71. The van der Waals surface area contributed by atoms with E-state index in [0.717, 1.165) is 36.1 Å². The van der Waals surface area contributed by atoms with E-state index < -0.39 is 12.1 Å². The van der Waals surface area contributed by atoms with Crippen LogP contribution in [0.1, 0.15) is 52.0 Å². The molecule has 1 aliphatic rings. The lowest BCUT2D eigenvalue weighted by Crippen LogP contribution is -2.44. The molecule has 1 heterocycles. The van der Waals surface area contributed by atoms with E-state index >= 15 is 0 Å². The average molecular weight is 359 g/mol. The number of urea groups is 1. The van der Waals surface area contributed by atoms with Gasteiger partial charge < -0.3 is 5.32 Å². The average Bonchev–Trinajstić information content (AvgIpc) is 2.80. The maximum Gasteiger partial charge on any atom is 0.332 e. The van der Waals surface area contributed by atoms with Gasteiger partial charge in [-0.2, -0.15) is 0 Å². The van der Waals surface area contributed by atoms with Crippen LogP contribution in [-0.2, 0) is 9.59 Å². The van der Waals surface area contributed by atoms with Gasteiger partial charge in [0.05, 0.1) is 0 Å². The van der Waals surface area contributed by atoms with Crippen molar-refractivity contribution in [3.63, 3.8) is 0 Å². The summed E-state index contributed by atoms with van der Waals surface area (Å²) in [6.07, 6.45) is 4.21. The van der Waals surface area contributed by atoms with Crippen LogP contribution in [0.3, 0.4) is 0 Å². The third kappa shape index (κ3) is 4.62. The van der Waals surface area contributed by atoms with Crippen LogP contribution < -0.4 is 10.2 Å².